The number of anilines is 1. The maximum atomic E-state index is 12.7. The number of hydrogen-bond donors (Lipinski definition) is 0. The summed E-state index contributed by atoms with van der Waals surface area (Å²) in [4.78, 5) is 19.0. The Morgan fingerprint density at radius 3 is 2.52 bits per heavy atom. The predicted octanol–water partition coefficient (Wildman–Crippen LogP) is 4.36. The second kappa shape index (κ2) is 7.34. The molecule has 0 spiro atoms. The van der Waals surface area contributed by atoms with Crippen molar-refractivity contribution in [2.75, 3.05) is 11.5 Å². The van der Waals surface area contributed by atoms with Gasteiger partial charge in [-0.05, 0) is 45.0 Å². The Morgan fingerprint density at radius 1 is 1.04 bits per heavy atom. The topological polar surface area (TPSA) is 42.4 Å². The third-order valence-electron chi connectivity index (χ3n) is 3.99. The number of amides is 1. The second-order valence-electron chi connectivity index (χ2n) is 6.26. The number of aryl methyl sites for hydroxylation is 1. The first-order valence-corrected chi connectivity index (χ1v) is 8.42. The SMILES string of the molecule is Cc1ccc2cccc(OCC(=O)N(c3ccccc3)C(C)C)c2n1. The average molecular weight is 334 g/mol. The van der Waals surface area contributed by atoms with Crippen molar-refractivity contribution in [1.29, 1.82) is 0 Å². The predicted molar refractivity (Wildman–Crippen MR) is 101 cm³/mol. The van der Waals surface area contributed by atoms with Gasteiger partial charge in [-0.25, -0.2) is 4.98 Å². The molecule has 3 rings (SSSR count). The second-order valence-corrected chi connectivity index (χ2v) is 6.26. The molecule has 0 aliphatic carbocycles. The maximum Gasteiger partial charge on any atom is 0.265 e. The van der Waals surface area contributed by atoms with Crippen LogP contribution >= 0.6 is 0 Å². The van der Waals surface area contributed by atoms with Gasteiger partial charge in [-0.3, -0.25) is 4.79 Å². The highest BCUT2D eigenvalue weighted by atomic mass is 16.5. The van der Waals surface area contributed by atoms with Gasteiger partial charge in [0.1, 0.15) is 11.3 Å². The Bertz CT molecular complexity index is 875. The molecule has 0 fully saturated rings. The summed E-state index contributed by atoms with van der Waals surface area (Å²) in [6, 6.07) is 19.4. The van der Waals surface area contributed by atoms with Gasteiger partial charge in [0.05, 0.1) is 0 Å². The van der Waals surface area contributed by atoms with E-state index in [2.05, 4.69) is 4.98 Å². The lowest BCUT2D eigenvalue weighted by Crippen LogP contribution is -2.40. The summed E-state index contributed by atoms with van der Waals surface area (Å²) < 4.78 is 5.83. The molecule has 0 aliphatic rings. The highest BCUT2D eigenvalue weighted by Gasteiger charge is 2.19. The fourth-order valence-corrected chi connectivity index (χ4v) is 2.86. The lowest BCUT2D eigenvalue weighted by atomic mass is 10.2. The van der Waals surface area contributed by atoms with E-state index in [0.29, 0.717) is 5.75 Å². The number of pyridine rings is 1. The van der Waals surface area contributed by atoms with Gasteiger partial charge in [0.25, 0.3) is 5.91 Å². The van der Waals surface area contributed by atoms with Gasteiger partial charge in [-0.15, -0.1) is 0 Å². The Morgan fingerprint density at radius 2 is 1.80 bits per heavy atom. The molecule has 3 aromatic rings. The normalized spacial score (nSPS) is 10.9. The van der Waals surface area contributed by atoms with E-state index in [4.69, 9.17) is 4.74 Å². The van der Waals surface area contributed by atoms with Crippen molar-refractivity contribution in [2.24, 2.45) is 0 Å². The van der Waals surface area contributed by atoms with Crippen LogP contribution in [0.3, 0.4) is 0 Å². The summed E-state index contributed by atoms with van der Waals surface area (Å²) in [6.07, 6.45) is 0. The molecule has 0 saturated heterocycles. The van der Waals surface area contributed by atoms with E-state index in [1.54, 1.807) is 4.90 Å². The minimum atomic E-state index is -0.0779. The van der Waals surface area contributed by atoms with Crippen LogP contribution in [-0.4, -0.2) is 23.5 Å². The highest BCUT2D eigenvalue weighted by Crippen LogP contribution is 2.24. The highest BCUT2D eigenvalue weighted by molar-refractivity contribution is 5.95. The lowest BCUT2D eigenvalue weighted by Gasteiger charge is -2.27. The van der Waals surface area contributed by atoms with Crippen LogP contribution in [0.2, 0.25) is 0 Å². The number of ether oxygens (including phenoxy) is 1. The Kier molecular flexibility index (Phi) is 4.98. The van der Waals surface area contributed by atoms with Crippen molar-refractivity contribution in [2.45, 2.75) is 26.8 Å². The van der Waals surface area contributed by atoms with Gasteiger partial charge < -0.3 is 9.64 Å². The van der Waals surface area contributed by atoms with Gasteiger partial charge in [0, 0.05) is 22.8 Å². The fourth-order valence-electron chi connectivity index (χ4n) is 2.86. The molecule has 0 bridgehead atoms. The Balaban J connectivity index is 1.81. The summed E-state index contributed by atoms with van der Waals surface area (Å²) in [6.45, 7) is 5.90. The number of aromatic nitrogens is 1. The molecule has 0 unspecified atom stereocenters. The molecule has 0 radical (unpaired) electrons. The molecule has 128 valence electrons. The molecule has 4 nitrogen and oxygen atoms in total. The third kappa shape index (κ3) is 3.79. The zero-order chi connectivity index (χ0) is 17.8. The van der Waals surface area contributed by atoms with E-state index in [1.807, 2.05) is 81.4 Å². The third-order valence-corrected chi connectivity index (χ3v) is 3.99. The minimum Gasteiger partial charge on any atom is -0.481 e. The van der Waals surface area contributed by atoms with Crippen LogP contribution in [0, 0.1) is 6.92 Å². The molecule has 2 aromatic carbocycles. The van der Waals surface area contributed by atoms with Crippen molar-refractivity contribution in [3.05, 3.63) is 66.4 Å². The summed E-state index contributed by atoms with van der Waals surface area (Å²) in [5.74, 6) is 0.553. The van der Waals surface area contributed by atoms with Crippen LogP contribution in [0.4, 0.5) is 5.69 Å². The standard InChI is InChI=1S/C21H22N2O2/c1-15(2)23(18-9-5-4-6-10-18)20(24)14-25-19-11-7-8-17-13-12-16(3)22-21(17)19/h4-13,15H,14H2,1-3H3. The van der Waals surface area contributed by atoms with Gasteiger partial charge in [0.15, 0.2) is 6.61 Å². The number of hydrogen-bond acceptors (Lipinski definition) is 3. The van der Waals surface area contributed by atoms with E-state index in [1.165, 1.54) is 0 Å². The van der Waals surface area contributed by atoms with Gasteiger partial charge in [-0.2, -0.15) is 0 Å². The number of carbonyl (C=O) groups is 1. The molecule has 1 amide bonds. The van der Waals surface area contributed by atoms with Crippen LogP contribution in [0.15, 0.2) is 60.7 Å². The zero-order valence-electron chi connectivity index (χ0n) is 14.8. The van der Waals surface area contributed by atoms with Crippen LogP contribution in [0.25, 0.3) is 10.9 Å². The minimum absolute atomic E-state index is 0.0260. The van der Waals surface area contributed by atoms with Crippen LogP contribution in [0.1, 0.15) is 19.5 Å². The van der Waals surface area contributed by atoms with Crippen molar-refractivity contribution in [3.8, 4) is 5.75 Å². The van der Waals surface area contributed by atoms with E-state index >= 15 is 0 Å². The number of benzene rings is 2. The van der Waals surface area contributed by atoms with E-state index < -0.39 is 0 Å². The largest absolute Gasteiger partial charge is 0.481 e. The summed E-state index contributed by atoms with van der Waals surface area (Å²) in [7, 11) is 0. The van der Waals surface area contributed by atoms with E-state index in [0.717, 1.165) is 22.3 Å². The van der Waals surface area contributed by atoms with Gasteiger partial charge in [-0.1, -0.05) is 36.4 Å². The molecule has 0 atom stereocenters. The molecule has 0 N–H and O–H groups in total. The molecular weight excluding hydrogens is 312 g/mol. The van der Waals surface area contributed by atoms with Crippen molar-refractivity contribution in [3.63, 3.8) is 0 Å². The van der Waals surface area contributed by atoms with Crippen molar-refractivity contribution >= 4 is 22.5 Å². The van der Waals surface area contributed by atoms with Crippen LogP contribution < -0.4 is 9.64 Å². The Labute approximate surface area is 148 Å². The first kappa shape index (κ1) is 17.0. The van der Waals surface area contributed by atoms with E-state index in [-0.39, 0.29) is 18.6 Å². The molecule has 4 heteroatoms. The maximum absolute atomic E-state index is 12.7. The van der Waals surface area contributed by atoms with Gasteiger partial charge >= 0.3 is 0 Å². The first-order valence-electron chi connectivity index (χ1n) is 8.42. The summed E-state index contributed by atoms with van der Waals surface area (Å²) in [5, 5.41) is 0.999. The molecule has 0 aliphatic heterocycles. The summed E-state index contributed by atoms with van der Waals surface area (Å²) in [5.41, 5.74) is 2.58. The number of para-hydroxylation sites is 2. The number of nitrogens with zero attached hydrogens (tertiary/aromatic N) is 2. The first-order chi connectivity index (χ1) is 12.1. The molecule has 25 heavy (non-hydrogen) atoms. The quantitative estimate of drug-likeness (QED) is 0.696. The van der Waals surface area contributed by atoms with Crippen LogP contribution in [0.5, 0.6) is 5.75 Å². The number of fused-ring (bicyclic) bond motifs is 1. The van der Waals surface area contributed by atoms with Crippen molar-refractivity contribution < 1.29 is 9.53 Å². The molecule has 1 heterocycles. The smallest absolute Gasteiger partial charge is 0.265 e. The summed E-state index contributed by atoms with van der Waals surface area (Å²) >= 11 is 0. The molecular formula is C21H22N2O2. The fraction of sp³-hybridized carbons (Fsp3) is 0.238. The Hall–Kier alpha value is -2.88. The lowest BCUT2D eigenvalue weighted by molar-refractivity contribution is -0.120. The van der Waals surface area contributed by atoms with Crippen LogP contribution in [-0.2, 0) is 4.79 Å². The number of rotatable bonds is 5. The van der Waals surface area contributed by atoms with E-state index in [9.17, 15) is 4.79 Å². The van der Waals surface area contributed by atoms with Gasteiger partial charge in [0.2, 0.25) is 0 Å². The monoisotopic (exact) mass is 334 g/mol. The van der Waals surface area contributed by atoms with Crippen molar-refractivity contribution in [1.82, 2.24) is 4.98 Å². The molecule has 1 aromatic heterocycles. The zero-order valence-corrected chi connectivity index (χ0v) is 14.8. The molecule has 0 saturated carbocycles. The number of carbonyl (C=O) groups excluding carboxylic acids is 1. The average Bonchev–Trinajstić information content (AvgIpc) is 2.60.